The maximum Gasteiger partial charge on any atom is 0.164 e. The van der Waals surface area contributed by atoms with Gasteiger partial charge in [0.25, 0.3) is 0 Å². The predicted octanol–water partition coefficient (Wildman–Crippen LogP) is 12.2. The van der Waals surface area contributed by atoms with E-state index in [9.17, 15) is 0 Å². The fraction of sp³-hybridized carbons (Fsp3) is 0. The van der Waals surface area contributed by atoms with Gasteiger partial charge in [0.1, 0.15) is 11.2 Å². The Balaban J connectivity index is 1.18. The Labute approximate surface area is 298 Å². The van der Waals surface area contributed by atoms with E-state index in [-0.39, 0.29) is 0 Å². The monoisotopic (exact) mass is 664 g/mol. The van der Waals surface area contributed by atoms with E-state index >= 15 is 0 Å². The molecule has 0 aliphatic carbocycles. The van der Waals surface area contributed by atoms with Crippen molar-refractivity contribution in [2.24, 2.45) is 0 Å². The van der Waals surface area contributed by atoms with Crippen molar-refractivity contribution in [1.82, 2.24) is 19.5 Å². The van der Waals surface area contributed by atoms with Gasteiger partial charge in [-0.3, -0.25) is 0 Å². The van der Waals surface area contributed by atoms with Gasteiger partial charge in [0, 0.05) is 43.6 Å². The summed E-state index contributed by atoms with van der Waals surface area (Å²) >= 11 is 0. The van der Waals surface area contributed by atoms with Gasteiger partial charge in [0.15, 0.2) is 17.5 Å². The van der Waals surface area contributed by atoms with Crippen molar-refractivity contribution in [1.29, 1.82) is 0 Å². The van der Waals surface area contributed by atoms with Crippen LogP contribution < -0.4 is 0 Å². The van der Waals surface area contributed by atoms with Gasteiger partial charge in [-0.15, -0.1) is 0 Å². The molecule has 242 valence electrons. The van der Waals surface area contributed by atoms with E-state index in [0.717, 1.165) is 55.1 Å². The molecule has 8 aromatic carbocycles. The predicted molar refractivity (Wildman–Crippen MR) is 213 cm³/mol. The molecule has 0 saturated heterocycles. The molecule has 0 aliphatic heterocycles. The molecule has 0 N–H and O–H groups in total. The number of para-hydroxylation sites is 2. The van der Waals surface area contributed by atoms with E-state index in [1.54, 1.807) is 0 Å². The molecule has 0 saturated carbocycles. The first-order valence-electron chi connectivity index (χ1n) is 17.5. The molecule has 0 fully saturated rings. The highest BCUT2D eigenvalue weighted by Crippen LogP contribution is 2.40. The van der Waals surface area contributed by atoms with Crippen LogP contribution in [-0.4, -0.2) is 19.5 Å². The lowest BCUT2D eigenvalue weighted by Gasteiger charge is -2.15. The lowest BCUT2D eigenvalue weighted by Crippen LogP contribution is -2.02. The number of fused-ring (bicyclic) bond motifs is 8. The number of nitrogens with zero attached hydrogens (tertiary/aromatic N) is 4. The zero-order valence-electron chi connectivity index (χ0n) is 27.9. The van der Waals surface area contributed by atoms with E-state index in [1.165, 1.54) is 32.6 Å². The van der Waals surface area contributed by atoms with Crippen LogP contribution in [0.25, 0.3) is 105 Å². The summed E-state index contributed by atoms with van der Waals surface area (Å²) in [5, 5.41) is 9.11. The van der Waals surface area contributed by atoms with Crippen molar-refractivity contribution in [2.45, 2.75) is 0 Å². The van der Waals surface area contributed by atoms with Crippen LogP contribution in [-0.2, 0) is 0 Å². The van der Waals surface area contributed by atoms with E-state index in [0.29, 0.717) is 17.5 Å². The number of benzene rings is 8. The van der Waals surface area contributed by atoms with Crippen molar-refractivity contribution < 1.29 is 4.42 Å². The lowest BCUT2D eigenvalue weighted by molar-refractivity contribution is 0.669. The van der Waals surface area contributed by atoms with Crippen LogP contribution in [0.4, 0.5) is 0 Å². The third-order valence-electron chi connectivity index (χ3n) is 10.2. The quantitative estimate of drug-likeness (QED) is 0.188. The second-order valence-corrected chi connectivity index (χ2v) is 13.2. The number of furan rings is 1. The second-order valence-electron chi connectivity index (χ2n) is 13.2. The van der Waals surface area contributed by atoms with Gasteiger partial charge in [-0.2, -0.15) is 0 Å². The molecule has 11 aromatic rings. The summed E-state index contributed by atoms with van der Waals surface area (Å²) in [4.78, 5) is 15.5. The minimum absolute atomic E-state index is 0.600. The Morgan fingerprint density at radius 2 is 1.02 bits per heavy atom. The maximum absolute atomic E-state index is 6.26. The topological polar surface area (TPSA) is 56.7 Å². The summed E-state index contributed by atoms with van der Waals surface area (Å²) in [7, 11) is 0. The van der Waals surface area contributed by atoms with Gasteiger partial charge in [-0.1, -0.05) is 127 Å². The van der Waals surface area contributed by atoms with Crippen molar-refractivity contribution in [3.63, 3.8) is 0 Å². The molecule has 0 spiro atoms. The molecule has 0 amide bonds. The van der Waals surface area contributed by atoms with Crippen molar-refractivity contribution >= 4 is 65.3 Å². The summed E-state index contributed by atoms with van der Waals surface area (Å²) in [6, 6.07) is 59.2. The summed E-state index contributed by atoms with van der Waals surface area (Å²) < 4.78 is 8.67. The molecule has 3 aromatic heterocycles. The average Bonchev–Trinajstić information content (AvgIpc) is 3.75. The van der Waals surface area contributed by atoms with Gasteiger partial charge in [0.05, 0.1) is 16.7 Å². The third kappa shape index (κ3) is 4.33. The van der Waals surface area contributed by atoms with E-state index < -0.39 is 0 Å². The molecule has 5 heteroatoms. The van der Waals surface area contributed by atoms with Crippen LogP contribution >= 0.6 is 0 Å². The van der Waals surface area contributed by atoms with Gasteiger partial charge >= 0.3 is 0 Å². The summed E-state index contributed by atoms with van der Waals surface area (Å²) in [6.45, 7) is 0. The molecule has 5 nitrogen and oxygen atoms in total. The fourth-order valence-electron chi connectivity index (χ4n) is 7.88. The zero-order chi connectivity index (χ0) is 34.2. The average molecular weight is 665 g/mol. The highest BCUT2D eigenvalue weighted by molar-refractivity contribution is 6.15. The van der Waals surface area contributed by atoms with Crippen molar-refractivity contribution in [3.05, 3.63) is 170 Å². The Bertz CT molecular complexity index is 3190. The van der Waals surface area contributed by atoms with Crippen LogP contribution in [0.15, 0.2) is 174 Å². The molecule has 11 rings (SSSR count). The largest absolute Gasteiger partial charge is 0.456 e. The van der Waals surface area contributed by atoms with Crippen LogP contribution in [0, 0.1) is 0 Å². The van der Waals surface area contributed by atoms with Crippen LogP contribution in [0.2, 0.25) is 0 Å². The van der Waals surface area contributed by atoms with E-state index in [1.807, 2.05) is 60.7 Å². The van der Waals surface area contributed by atoms with Gasteiger partial charge in [-0.25, -0.2) is 15.0 Å². The first kappa shape index (κ1) is 28.7. The Kier molecular flexibility index (Phi) is 6.18. The van der Waals surface area contributed by atoms with Gasteiger partial charge in [0.2, 0.25) is 0 Å². The molecule has 3 heterocycles. The Hall–Kier alpha value is -7.11. The van der Waals surface area contributed by atoms with Crippen molar-refractivity contribution in [3.8, 4) is 39.9 Å². The van der Waals surface area contributed by atoms with Gasteiger partial charge in [-0.05, 0) is 58.6 Å². The molecule has 0 aliphatic rings. The molecular formula is C47H28N4O. The standard InChI is InChI=1S/C47H28N4O/c1-2-13-29(14-3-1)45-48-46(50-47(49-45)37-21-12-24-43-44(37)36-20-9-11-23-42(36)52-43)35-25-26-40(33-18-7-6-17-32(33)35)51-39-22-10-8-19-34(39)38-27-30-15-4-5-16-31(30)28-41(38)51/h1-28H. The first-order chi connectivity index (χ1) is 25.8. The normalized spacial score (nSPS) is 11.8. The Morgan fingerprint density at radius 3 is 1.87 bits per heavy atom. The third-order valence-corrected chi connectivity index (χ3v) is 10.2. The summed E-state index contributed by atoms with van der Waals surface area (Å²) in [5.74, 6) is 1.83. The smallest absolute Gasteiger partial charge is 0.164 e. The van der Waals surface area contributed by atoms with Crippen LogP contribution in [0.3, 0.4) is 0 Å². The van der Waals surface area contributed by atoms with Crippen LogP contribution in [0.1, 0.15) is 0 Å². The maximum atomic E-state index is 6.26. The SMILES string of the molecule is c1ccc(-c2nc(-c3ccc(-n4c5ccccc5c5cc6ccccc6cc54)c4ccccc34)nc(-c3cccc4oc5ccccc5c34)n2)cc1. The highest BCUT2D eigenvalue weighted by Gasteiger charge is 2.21. The number of hydrogen-bond acceptors (Lipinski definition) is 4. The molecule has 0 bridgehead atoms. The summed E-state index contributed by atoms with van der Waals surface area (Å²) in [5.41, 5.74) is 7.85. The fourth-order valence-corrected chi connectivity index (χ4v) is 7.88. The lowest BCUT2D eigenvalue weighted by atomic mass is 10.0. The number of hydrogen-bond donors (Lipinski definition) is 0. The van der Waals surface area contributed by atoms with E-state index in [4.69, 9.17) is 19.4 Å². The highest BCUT2D eigenvalue weighted by atomic mass is 16.3. The number of aromatic nitrogens is 4. The minimum atomic E-state index is 0.600. The molecule has 52 heavy (non-hydrogen) atoms. The first-order valence-corrected chi connectivity index (χ1v) is 17.5. The van der Waals surface area contributed by atoms with Crippen LogP contribution in [0.5, 0.6) is 0 Å². The second kappa shape index (κ2) is 11.2. The van der Waals surface area contributed by atoms with E-state index in [2.05, 4.69) is 114 Å². The molecular weight excluding hydrogens is 637 g/mol. The summed E-state index contributed by atoms with van der Waals surface area (Å²) in [6.07, 6.45) is 0. The Morgan fingerprint density at radius 1 is 0.385 bits per heavy atom. The molecule has 0 atom stereocenters. The number of rotatable bonds is 4. The van der Waals surface area contributed by atoms with Crippen molar-refractivity contribution in [2.75, 3.05) is 0 Å². The van der Waals surface area contributed by atoms with Gasteiger partial charge < -0.3 is 8.98 Å². The minimum Gasteiger partial charge on any atom is -0.456 e. The molecule has 0 radical (unpaired) electrons. The zero-order valence-corrected chi connectivity index (χ0v) is 27.9. The molecule has 0 unspecified atom stereocenters.